The Morgan fingerprint density at radius 2 is 1.88 bits per heavy atom. The molecule has 1 aromatic carbocycles. The first-order valence-electron chi connectivity index (χ1n) is 9.08. The Morgan fingerprint density at radius 3 is 2.62 bits per heavy atom. The van der Waals surface area contributed by atoms with Crippen molar-refractivity contribution in [2.24, 2.45) is 0 Å². The van der Waals surface area contributed by atoms with Crippen molar-refractivity contribution in [2.75, 3.05) is 19.6 Å². The molecule has 0 radical (unpaired) electrons. The third-order valence-corrected chi connectivity index (χ3v) is 5.16. The molecule has 0 amide bonds. The zero-order valence-corrected chi connectivity index (χ0v) is 14.6. The summed E-state index contributed by atoms with van der Waals surface area (Å²) in [6.45, 7) is 2.77. The molecule has 0 spiro atoms. The van der Waals surface area contributed by atoms with Crippen LogP contribution in [-0.2, 0) is 19.6 Å². The molecule has 6 nitrogen and oxygen atoms in total. The number of halogens is 2. The van der Waals surface area contributed by atoms with Crippen LogP contribution in [0.3, 0.4) is 0 Å². The monoisotopic (exact) mass is 363 g/mol. The quantitative estimate of drug-likeness (QED) is 0.884. The highest BCUT2D eigenvalue weighted by atomic mass is 19.3. The number of alkyl halides is 2. The lowest BCUT2D eigenvalue weighted by atomic mass is 9.95. The summed E-state index contributed by atoms with van der Waals surface area (Å²) < 4.78 is 31.1. The number of ether oxygens (including phenoxy) is 1. The highest BCUT2D eigenvalue weighted by Gasteiger charge is 2.26. The second-order valence-electron chi connectivity index (χ2n) is 6.88. The second kappa shape index (κ2) is 7.67. The molecule has 4 rings (SSSR count). The molecule has 0 bridgehead atoms. The van der Waals surface area contributed by atoms with Crippen molar-refractivity contribution in [3.8, 4) is 5.75 Å². The third-order valence-electron chi connectivity index (χ3n) is 5.16. The van der Waals surface area contributed by atoms with Gasteiger partial charge in [-0.05, 0) is 43.6 Å². The molecular formula is C18H23F2N5O. The van der Waals surface area contributed by atoms with Gasteiger partial charge in [-0.3, -0.25) is 4.90 Å². The van der Waals surface area contributed by atoms with Crippen LogP contribution in [0.1, 0.15) is 36.0 Å². The van der Waals surface area contributed by atoms with Crippen LogP contribution in [0.15, 0.2) is 24.3 Å². The zero-order valence-electron chi connectivity index (χ0n) is 14.6. The van der Waals surface area contributed by atoms with Crippen LogP contribution in [-0.4, -0.2) is 45.9 Å². The number of aromatic nitrogens is 3. The number of nitrogens with one attached hydrogen (secondary N) is 1. The van der Waals surface area contributed by atoms with Gasteiger partial charge in [-0.25, -0.2) is 0 Å². The van der Waals surface area contributed by atoms with E-state index in [-0.39, 0.29) is 5.75 Å². The number of likely N-dealkylation sites (tertiary alicyclic amines) is 1. The molecule has 1 fully saturated rings. The predicted octanol–water partition coefficient (Wildman–Crippen LogP) is 2.36. The van der Waals surface area contributed by atoms with Gasteiger partial charge < -0.3 is 14.6 Å². The van der Waals surface area contributed by atoms with Crippen LogP contribution in [0.5, 0.6) is 5.75 Å². The van der Waals surface area contributed by atoms with Crippen molar-refractivity contribution in [3.63, 3.8) is 0 Å². The SMILES string of the molecule is FC(F)Oc1ccc(CN2CCC(c3nnc4n3CCNC4)CC2)cc1. The average molecular weight is 363 g/mol. The standard InChI is InChI=1S/C18H23F2N5O/c19-18(20)26-15-3-1-13(2-4-15)12-24-8-5-14(6-9-24)17-23-22-16-11-21-7-10-25(16)17/h1-4,14,18,21H,5-12H2. The highest BCUT2D eigenvalue weighted by molar-refractivity contribution is 5.27. The van der Waals surface area contributed by atoms with Crippen LogP contribution < -0.4 is 10.1 Å². The number of rotatable bonds is 5. The van der Waals surface area contributed by atoms with Crippen LogP contribution >= 0.6 is 0 Å². The largest absolute Gasteiger partial charge is 0.435 e. The summed E-state index contributed by atoms with van der Waals surface area (Å²) in [6.07, 6.45) is 2.14. The van der Waals surface area contributed by atoms with Gasteiger partial charge in [-0.15, -0.1) is 10.2 Å². The third kappa shape index (κ3) is 3.86. The molecular weight excluding hydrogens is 340 g/mol. The fourth-order valence-electron chi connectivity index (χ4n) is 3.80. The first kappa shape index (κ1) is 17.4. The van der Waals surface area contributed by atoms with Crippen LogP contribution in [0.2, 0.25) is 0 Å². The average Bonchev–Trinajstić information content (AvgIpc) is 3.08. The van der Waals surface area contributed by atoms with Gasteiger partial charge >= 0.3 is 6.61 Å². The maximum atomic E-state index is 12.2. The van der Waals surface area contributed by atoms with Crippen LogP contribution in [0.4, 0.5) is 8.78 Å². The Bertz CT molecular complexity index is 726. The number of benzene rings is 1. The molecule has 0 unspecified atom stereocenters. The van der Waals surface area contributed by atoms with Crippen LogP contribution in [0, 0.1) is 0 Å². The fraction of sp³-hybridized carbons (Fsp3) is 0.556. The zero-order chi connectivity index (χ0) is 17.9. The van der Waals surface area contributed by atoms with Gasteiger partial charge in [-0.1, -0.05) is 12.1 Å². The molecule has 0 saturated carbocycles. The van der Waals surface area contributed by atoms with Gasteiger partial charge in [0.2, 0.25) is 0 Å². The number of piperidine rings is 1. The Balaban J connectivity index is 1.32. The molecule has 1 N–H and O–H groups in total. The van der Waals surface area contributed by atoms with Gasteiger partial charge in [0.15, 0.2) is 0 Å². The Kier molecular flexibility index (Phi) is 5.12. The minimum absolute atomic E-state index is 0.202. The van der Waals surface area contributed by atoms with E-state index in [0.717, 1.165) is 69.3 Å². The van der Waals surface area contributed by atoms with E-state index >= 15 is 0 Å². The molecule has 26 heavy (non-hydrogen) atoms. The Labute approximate surface area is 151 Å². The second-order valence-corrected chi connectivity index (χ2v) is 6.88. The maximum absolute atomic E-state index is 12.2. The van der Waals surface area contributed by atoms with Crippen molar-refractivity contribution < 1.29 is 13.5 Å². The van der Waals surface area contributed by atoms with E-state index in [1.807, 2.05) is 12.1 Å². The molecule has 3 heterocycles. The summed E-state index contributed by atoms with van der Waals surface area (Å²) in [5, 5.41) is 12.1. The van der Waals surface area contributed by atoms with Crippen molar-refractivity contribution in [1.29, 1.82) is 0 Å². The van der Waals surface area contributed by atoms with E-state index in [1.54, 1.807) is 12.1 Å². The summed E-state index contributed by atoms with van der Waals surface area (Å²) in [4.78, 5) is 2.40. The lowest BCUT2D eigenvalue weighted by molar-refractivity contribution is -0.0498. The minimum atomic E-state index is -2.78. The van der Waals surface area contributed by atoms with E-state index in [1.165, 1.54) is 0 Å². The molecule has 8 heteroatoms. The molecule has 0 aliphatic carbocycles. The molecule has 2 aromatic rings. The normalized spacial score (nSPS) is 18.9. The number of hydrogen-bond donors (Lipinski definition) is 1. The van der Waals surface area contributed by atoms with E-state index in [0.29, 0.717) is 5.92 Å². The van der Waals surface area contributed by atoms with E-state index in [9.17, 15) is 8.78 Å². The van der Waals surface area contributed by atoms with Gasteiger partial charge in [0, 0.05) is 25.6 Å². The first-order chi connectivity index (χ1) is 12.7. The van der Waals surface area contributed by atoms with Crippen LogP contribution in [0.25, 0.3) is 0 Å². The van der Waals surface area contributed by atoms with E-state index in [2.05, 4.69) is 29.7 Å². The van der Waals surface area contributed by atoms with Crippen molar-refractivity contribution in [2.45, 2.75) is 45.0 Å². The topological polar surface area (TPSA) is 55.2 Å². The highest BCUT2D eigenvalue weighted by Crippen LogP contribution is 2.28. The van der Waals surface area contributed by atoms with E-state index in [4.69, 9.17) is 0 Å². The van der Waals surface area contributed by atoms with Crippen molar-refractivity contribution >= 4 is 0 Å². The Morgan fingerprint density at radius 1 is 1.12 bits per heavy atom. The van der Waals surface area contributed by atoms with E-state index < -0.39 is 6.61 Å². The predicted molar refractivity (Wildman–Crippen MR) is 92.1 cm³/mol. The van der Waals surface area contributed by atoms with Gasteiger partial charge in [-0.2, -0.15) is 8.78 Å². The summed E-state index contributed by atoms with van der Waals surface area (Å²) >= 11 is 0. The van der Waals surface area contributed by atoms with Gasteiger partial charge in [0.1, 0.15) is 17.4 Å². The smallest absolute Gasteiger partial charge is 0.387 e. The Hall–Kier alpha value is -2.06. The van der Waals surface area contributed by atoms with Crippen molar-refractivity contribution in [3.05, 3.63) is 41.5 Å². The molecule has 2 aliphatic rings. The molecule has 1 saturated heterocycles. The van der Waals surface area contributed by atoms with Gasteiger partial charge in [0.25, 0.3) is 0 Å². The number of nitrogens with zero attached hydrogens (tertiary/aromatic N) is 4. The maximum Gasteiger partial charge on any atom is 0.387 e. The van der Waals surface area contributed by atoms with Gasteiger partial charge in [0.05, 0.1) is 6.54 Å². The summed E-state index contributed by atoms with van der Waals surface area (Å²) in [6, 6.07) is 6.91. The molecule has 2 aliphatic heterocycles. The van der Waals surface area contributed by atoms with Crippen molar-refractivity contribution in [1.82, 2.24) is 25.0 Å². The number of fused-ring (bicyclic) bond motifs is 1. The fourth-order valence-corrected chi connectivity index (χ4v) is 3.80. The molecule has 0 atom stereocenters. The lowest BCUT2D eigenvalue weighted by Crippen LogP contribution is -2.34. The first-order valence-corrected chi connectivity index (χ1v) is 9.08. The number of hydrogen-bond acceptors (Lipinski definition) is 5. The lowest BCUT2D eigenvalue weighted by Gasteiger charge is -2.32. The molecule has 140 valence electrons. The molecule has 1 aromatic heterocycles. The summed E-state index contributed by atoms with van der Waals surface area (Å²) in [5.41, 5.74) is 1.11. The minimum Gasteiger partial charge on any atom is -0.435 e. The summed E-state index contributed by atoms with van der Waals surface area (Å²) in [7, 11) is 0. The summed E-state index contributed by atoms with van der Waals surface area (Å²) in [5.74, 6) is 2.84.